The molecular weight excluding hydrogens is 335 g/mol. The molecule has 0 atom stereocenters. The summed E-state index contributed by atoms with van der Waals surface area (Å²) >= 11 is 0. The molecule has 26 heavy (non-hydrogen) atoms. The third kappa shape index (κ3) is 3.94. The van der Waals surface area contributed by atoms with Crippen molar-refractivity contribution in [1.29, 1.82) is 0 Å². The van der Waals surface area contributed by atoms with E-state index >= 15 is 0 Å². The average Bonchev–Trinajstić information content (AvgIpc) is 3.14. The quantitative estimate of drug-likeness (QED) is 0.714. The summed E-state index contributed by atoms with van der Waals surface area (Å²) in [7, 11) is 0. The number of carbonyl (C=O) groups excluding carboxylic acids is 2. The minimum Gasteiger partial charge on any atom is -0.364 e. The molecule has 1 heterocycles. The Labute approximate surface area is 149 Å². The van der Waals surface area contributed by atoms with Crippen LogP contribution in [0.1, 0.15) is 32.1 Å². The number of nitrogens with zero attached hydrogens (tertiary/aromatic N) is 2. The number of nitrogens with one attached hydrogen (secondary N) is 1. The number of H-pyrrole nitrogens is 1. The lowest BCUT2D eigenvalue weighted by atomic mass is 10.1. The van der Waals surface area contributed by atoms with E-state index in [1.807, 2.05) is 30.3 Å². The Morgan fingerprint density at radius 1 is 1.04 bits per heavy atom. The van der Waals surface area contributed by atoms with Crippen molar-refractivity contribution in [3.05, 3.63) is 89.0 Å². The van der Waals surface area contributed by atoms with Crippen molar-refractivity contribution in [1.82, 2.24) is 15.1 Å². The Hall–Kier alpha value is -3.48. The molecule has 132 valence electrons. The predicted octanol–water partition coefficient (Wildman–Crippen LogP) is 2.49. The van der Waals surface area contributed by atoms with Crippen molar-refractivity contribution >= 4 is 11.8 Å². The monoisotopic (exact) mass is 352 g/mol. The van der Waals surface area contributed by atoms with E-state index < -0.39 is 11.8 Å². The molecule has 0 bridgehead atoms. The van der Waals surface area contributed by atoms with Crippen molar-refractivity contribution in [2.75, 3.05) is 0 Å². The molecule has 0 fully saturated rings. The fourth-order valence-corrected chi connectivity index (χ4v) is 2.56. The first-order valence-electron chi connectivity index (χ1n) is 7.96. The van der Waals surface area contributed by atoms with Gasteiger partial charge in [-0.1, -0.05) is 48.5 Å². The van der Waals surface area contributed by atoms with Crippen molar-refractivity contribution in [3.63, 3.8) is 0 Å². The maximum absolute atomic E-state index is 14.0. The third-order valence-electron chi connectivity index (χ3n) is 3.88. The molecule has 2 aromatic carbocycles. The Kier molecular flexibility index (Phi) is 5.07. The van der Waals surface area contributed by atoms with Crippen LogP contribution in [0, 0.1) is 5.82 Å². The summed E-state index contributed by atoms with van der Waals surface area (Å²) in [5, 5.41) is 6.25. The van der Waals surface area contributed by atoms with Crippen molar-refractivity contribution in [2.24, 2.45) is 5.73 Å². The molecule has 6 nitrogen and oxygen atoms in total. The lowest BCUT2D eigenvalue weighted by Gasteiger charge is -2.22. The maximum atomic E-state index is 14.0. The number of hydrogen-bond donors (Lipinski definition) is 2. The van der Waals surface area contributed by atoms with Crippen molar-refractivity contribution < 1.29 is 14.0 Å². The van der Waals surface area contributed by atoms with E-state index in [4.69, 9.17) is 5.73 Å². The smallest absolute Gasteiger partial charge is 0.272 e. The van der Waals surface area contributed by atoms with Crippen molar-refractivity contribution in [2.45, 2.75) is 13.1 Å². The molecule has 0 saturated carbocycles. The summed E-state index contributed by atoms with van der Waals surface area (Å²) < 4.78 is 14.0. The van der Waals surface area contributed by atoms with Crippen LogP contribution in [0.15, 0.2) is 60.7 Å². The van der Waals surface area contributed by atoms with Gasteiger partial charge in [-0.15, -0.1) is 0 Å². The van der Waals surface area contributed by atoms with Crippen LogP contribution in [-0.2, 0) is 13.1 Å². The van der Waals surface area contributed by atoms with Gasteiger partial charge >= 0.3 is 0 Å². The number of carbonyl (C=O) groups is 2. The standard InChI is InChI=1S/C19H17FN4O2/c20-15-9-5-4-8-14(15)12-24(11-13-6-2-1-3-7-13)19(26)17-10-16(18(21)25)22-23-17/h1-10H,11-12H2,(H2,21,25)(H,22,23). The van der Waals surface area contributed by atoms with E-state index in [9.17, 15) is 14.0 Å². The summed E-state index contributed by atoms with van der Waals surface area (Å²) in [5.41, 5.74) is 6.55. The highest BCUT2D eigenvalue weighted by molar-refractivity contribution is 5.97. The molecule has 3 rings (SSSR count). The second kappa shape index (κ2) is 7.60. The van der Waals surface area contributed by atoms with Gasteiger partial charge in [0.15, 0.2) is 5.69 Å². The van der Waals surface area contributed by atoms with Crippen LogP contribution >= 0.6 is 0 Å². The highest BCUT2D eigenvalue weighted by Gasteiger charge is 2.21. The van der Waals surface area contributed by atoms with Gasteiger partial charge in [0.1, 0.15) is 11.5 Å². The summed E-state index contributed by atoms with van der Waals surface area (Å²) in [6.07, 6.45) is 0. The van der Waals surface area contributed by atoms with Gasteiger partial charge in [0, 0.05) is 24.7 Å². The molecular formula is C19H17FN4O2. The van der Waals surface area contributed by atoms with E-state index in [-0.39, 0.29) is 30.3 Å². The van der Waals surface area contributed by atoms with Crippen LogP contribution in [-0.4, -0.2) is 26.9 Å². The Bertz CT molecular complexity index is 924. The molecule has 0 radical (unpaired) electrons. The van der Waals surface area contributed by atoms with Crippen LogP contribution in [0.25, 0.3) is 0 Å². The topological polar surface area (TPSA) is 92.1 Å². The summed E-state index contributed by atoms with van der Waals surface area (Å²) in [5.74, 6) is -1.53. The number of hydrogen-bond acceptors (Lipinski definition) is 3. The molecule has 0 unspecified atom stereocenters. The van der Waals surface area contributed by atoms with Crippen LogP contribution < -0.4 is 5.73 Å². The molecule has 0 aliphatic rings. The molecule has 0 aliphatic heterocycles. The van der Waals surface area contributed by atoms with E-state index in [2.05, 4.69) is 10.2 Å². The summed E-state index contributed by atoms with van der Waals surface area (Å²) in [4.78, 5) is 25.6. The molecule has 0 aliphatic carbocycles. The fraction of sp³-hybridized carbons (Fsp3) is 0.105. The van der Waals surface area contributed by atoms with Crippen LogP contribution in [0.5, 0.6) is 0 Å². The van der Waals surface area contributed by atoms with E-state index in [0.29, 0.717) is 5.56 Å². The molecule has 1 aromatic heterocycles. The highest BCUT2D eigenvalue weighted by Crippen LogP contribution is 2.16. The minimum atomic E-state index is -0.732. The van der Waals surface area contributed by atoms with Gasteiger partial charge in [0.05, 0.1) is 0 Å². The van der Waals surface area contributed by atoms with Gasteiger partial charge in [0.2, 0.25) is 0 Å². The minimum absolute atomic E-state index is 0.0288. The van der Waals surface area contributed by atoms with Gasteiger partial charge in [-0.05, 0) is 11.6 Å². The molecule has 3 N–H and O–H groups in total. The zero-order valence-electron chi connectivity index (χ0n) is 13.9. The first-order valence-corrected chi connectivity index (χ1v) is 7.96. The highest BCUT2D eigenvalue weighted by atomic mass is 19.1. The van der Waals surface area contributed by atoms with Crippen LogP contribution in [0.4, 0.5) is 4.39 Å². The Morgan fingerprint density at radius 3 is 2.38 bits per heavy atom. The lowest BCUT2D eigenvalue weighted by molar-refractivity contribution is 0.0722. The van der Waals surface area contributed by atoms with Gasteiger partial charge in [-0.25, -0.2) is 4.39 Å². The molecule has 3 aromatic rings. The van der Waals surface area contributed by atoms with Crippen LogP contribution in [0.2, 0.25) is 0 Å². The van der Waals surface area contributed by atoms with Crippen LogP contribution in [0.3, 0.4) is 0 Å². The second-order valence-corrected chi connectivity index (χ2v) is 5.77. The molecule has 0 saturated heterocycles. The summed E-state index contributed by atoms with van der Waals surface area (Å²) in [6, 6.07) is 16.9. The SMILES string of the molecule is NC(=O)c1cc(C(=O)N(Cc2ccccc2)Cc2ccccc2F)[nH]n1. The largest absolute Gasteiger partial charge is 0.364 e. The second-order valence-electron chi connectivity index (χ2n) is 5.77. The first kappa shape index (κ1) is 17.3. The summed E-state index contributed by atoms with van der Waals surface area (Å²) in [6.45, 7) is 0.351. The average molecular weight is 352 g/mol. The van der Waals surface area contributed by atoms with Crippen molar-refractivity contribution in [3.8, 4) is 0 Å². The number of nitrogens with two attached hydrogens (primary N) is 1. The predicted molar refractivity (Wildman–Crippen MR) is 93.5 cm³/mol. The first-order chi connectivity index (χ1) is 12.5. The number of aromatic amines is 1. The Balaban J connectivity index is 1.89. The van der Waals surface area contributed by atoms with E-state index in [1.165, 1.54) is 17.0 Å². The zero-order valence-corrected chi connectivity index (χ0v) is 13.9. The van der Waals surface area contributed by atoms with Gasteiger partial charge in [0.25, 0.3) is 11.8 Å². The van der Waals surface area contributed by atoms with Gasteiger partial charge in [-0.3, -0.25) is 14.7 Å². The number of benzene rings is 2. The normalized spacial score (nSPS) is 10.5. The van der Waals surface area contributed by atoms with Gasteiger partial charge in [-0.2, -0.15) is 5.10 Å². The number of aromatic nitrogens is 2. The Morgan fingerprint density at radius 2 is 1.73 bits per heavy atom. The number of amides is 2. The molecule has 2 amide bonds. The lowest BCUT2D eigenvalue weighted by Crippen LogP contribution is -2.30. The van der Waals surface area contributed by atoms with Gasteiger partial charge < -0.3 is 10.6 Å². The zero-order chi connectivity index (χ0) is 18.5. The molecule has 7 heteroatoms. The third-order valence-corrected chi connectivity index (χ3v) is 3.88. The maximum Gasteiger partial charge on any atom is 0.272 e. The van der Waals surface area contributed by atoms with E-state index in [1.54, 1.807) is 18.2 Å². The fourth-order valence-electron chi connectivity index (χ4n) is 2.56. The molecule has 0 spiro atoms. The number of primary amides is 1. The number of halogens is 1. The number of rotatable bonds is 6. The van der Waals surface area contributed by atoms with E-state index in [0.717, 1.165) is 5.56 Å².